The van der Waals surface area contributed by atoms with Crippen LogP contribution in [0.4, 0.5) is 0 Å². The third-order valence-corrected chi connectivity index (χ3v) is 4.19. The van der Waals surface area contributed by atoms with Crippen molar-refractivity contribution in [2.75, 3.05) is 6.61 Å². The molecule has 4 heteroatoms. The number of halogens is 1. The van der Waals surface area contributed by atoms with Crippen LogP contribution in [0.5, 0.6) is 0 Å². The maximum absolute atomic E-state index is 12.5. The van der Waals surface area contributed by atoms with E-state index in [4.69, 9.17) is 16.7 Å². The van der Waals surface area contributed by atoms with Crippen LogP contribution in [0, 0.1) is 0 Å². The van der Waals surface area contributed by atoms with Gasteiger partial charge in [-0.05, 0) is 43.9 Å². The fourth-order valence-corrected chi connectivity index (χ4v) is 2.78. The predicted molar refractivity (Wildman–Crippen MR) is 76.3 cm³/mol. The summed E-state index contributed by atoms with van der Waals surface area (Å²) in [5.74, 6) is 0.0574. The van der Waals surface area contributed by atoms with E-state index in [-0.39, 0.29) is 18.6 Å². The van der Waals surface area contributed by atoms with Crippen molar-refractivity contribution in [2.24, 2.45) is 0 Å². The van der Waals surface area contributed by atoms with Gasteiger partial charge in [0, 0.05) is 17.7 Å². The summed E-state index contributed by atoms with van der Waals surface area (Å²) in [5, 5.41) is 12.6. The highest BCUT2D eigenvalue weighted by Crippen LogP contribution is 2.44. The summed E-state index contributed by atoms with van der Waals surface area (Å²) in [4.78, 5) is 12.5. The molecule has 0 spiro atoms. The Morgan fingerprint density at radius 1 is 1.53 bits per heavy atom. The average molecular weight is 282 g/mol. The highest BCUT2D eigenvalue weighted by Gasteiger charge is 2.45. The van der Waals surface area contributed by atoms with E-state index >= 15 is 0 Å². The summed E-state index contributed by atoms with van der Waals surface area (Å²) in [6, 6.07) is 7.57. The first-order valence-electron chi connectivity index (χ1n) is 6.76. The fourth-order valence-electron chi connectivity index (χ4n) is 2.59. The number of rotatable bonds is 5. The zero-order valence-corrected chi connectivity index (χ0v) is 11.9. The van der Waals surface area contributed by atoms with Crippen LogP contribution in [0.15, 0.2) is 24.3 Å². The van der Waals surface area contributed by atoms with Crippen LogP contribution >= 0.6 is 11.6 Å². The summed E-state index contributed by atoms with van der Waals surface area (Å²) in [6.45, 7) is 2.00. The lowest BCUT2D eigenvalue weighted by molar-refractivity contribution is -0.130. The Balaban J connectivity index is 2.16. The number of carbonyl (C=O) groups is 1. The minimum atomic E-state index is -0.422. The molecule has 0 saturated heterocycles. The molecule has 2 N–H and O–H groups in total. The van der Waals surface area contributed by atoms with Gasteiger partial charge >= 0.3 is 0 Å². The molecule has 1 aliphatic carbocycles. The maximum atomic E-state index is 12.5. The summed E-state index contributed by atoms with van der Waals surface area (Å²) in [7, 11) is 0. The van der Waals surface area contributed by atoms with E-state index in [0.29, 0.717) is 11.4 Å². The number of aliphatic hydroxyl groups excluding tert-OH is 1. The molecule has 2 rings (SSSR count). The third-order valence-electron chi connectivity index (χ3n) is 3.96. The van der Waals surface area contributed by atoms with Crippen LogP contribution in [0.1, 0.15) is 38.2 Å². The zero-order valence-electron chi connectivity index (χ0n) is 11.2. The molecule has 1 aliphatic rings. The molecule has 0 aromatic heterocycles. The average Bonchev–Trinajstić information content (AvgIpc) is 2.27. The van der Waals surface area contributed by atoms with Crippen molar-refractivity contribution < 1.29 is 9.90 Å². The van der Waals surface area contributed by atoms with Gasteiger partial charge in [0.15, 0.2) is 0 Å². The first-order valence-corrected chi connectivity index (χ1v) is 7.14. The lowest BCUT2D eigenvalue weighted by atomic mass is 9.63. The Labute approximate surface area is 119 Å². The van der Waals surface area contributed by atoms with Crippen molar-refractivity contribution >= 4 is 17.5 Å². The topological polar surface area (TPSA) is 49.3 Å². The molecular formula is C15H20ClNO2. The summed E-state index contributed by atoms with van der Waals surface area (Å²) >= 11 is 6.03. The Morgan fingerprint density at radius 3 is 2.79 bits per heavy atom. The van der Waals surface area contributed by atoms with E-state index in [0.717, 1.165) is 24.8 Å². The number of hydrogen-bond acceptors (Lipinski definition) is 2. The van der Waals surface area contributed by atoms with Crippen molar-refractivity contribution in [3.05, 3.63) is 34.9 Å². The Hall–Kier alpha value is -1.06. The van der Waals surface area contributed by atoms with Crippen molar-refractivity contribution in [3.63, 3.8) is 0 Å². The van der Waals surface area contributed by atoms with Crippen molar-refractivity contribution in [1.82, 2.24) is 5.32 Å². The zero-order chi connectivity index (χ0) is 13.9. The van der Waals surface area contributed by atoms with Crippen molar-refractivity contribution in [3.8, 4) is 0 Å². The van der Waals surface area contributed by atoms with Gasteiger partial charge in [0.2, 0.25) is 5.91 Å². The maximum Gasteiger partial charge on any atom is 0.230 e. The molecule has 19 heavy (non-hydrogen) atoms. The number of aliphatic hydroxyl groups is 1. The molecule has 1 fully saturated rings. The molecule has 104 valence electrons. The SMILES string of the molecule is CC(CCO)NC(=O)C1(c2cccc(Cl)c2)CCC1. The van der Waals surface area contributed by atoms with E-state index in [1.807, 2.05) is 31.2 Å². The number of amides is 1. The highest BCUT2D eigenvalue weighted by atomic mass is 35.5. The molecule has 0 heterocycles. The number of nitrogens with one attached hydrogen (secondary N) is 1. The van der Waals surface area contributed by atoms with Crippen LogP contribution < -0.4 is 5.32 Å². The predicted octanol–water partition coefficient (Wildman–Crippen LogP) is 2.65. The van der Waals surface area contributed by atoms with Crippen LogP contribution in [0.25, 0.3) is 0 Å². The van der Waals surface area contributed by atoms with E-state index < -0.39 is 5.41 Å². The largest absolute Gasteiger partial charge is 0.396 e. The van der Waals surface area contributed by atoms with Crippen LogP contribution in [-0.2, 0) is 10.2 Å². The lowest BCUT2D eigenvalue weighted by Crippen LogP contribution is -2.51. The second-order valence-electron chi connectivity index (χ2n) is 5.33. The second-order valence-corrected chi connectivity index (χ2v) is 5.77. The van der Waals surface area contributed by atoms with E-state index in [9.17, 15) is 4.79 Å². The lowest BCUT2D eigenvalue weighted by Gasteiger charge is -2.41. The number of carbonyl (C=O) groups excluding carboxylic acids is 1. The van der Waals surface area contributed by atoms with Gasteiger partial charge in [-0.3, -0.25) is 4.79 Å². The molecule has 1 saturated carbocycles. The molecule has 0 aliphatic heterocycles. The monoisotopic (exact) mass is 281 g/mol. The standard InChI is InChI=1S/C15H20ClNO2/c1-11(6-9-18)17-14(19)15(7-3-8-15)12-4-2-5-13(16)10-12/h2,4-5,10-11,18H,3,6-9H2,1H3,(H,17,19). The normalized spacial score (nSPS) is 18.5. The van der Waals surface area contributed by atoms with Gasteiger partial charge in [-0.25, -0.2) is 0 Å². The molecule has 1 amide bonds. The Bertz CT molecular complexity index is 457. The summed E-state index contributed by atoms with van der Waals surface area (Å²) in [5.41, 5.74) is 0.578. The summed E-state index contributed by atoms with van der Waals surface area (Å²) < 4.78 is 0. The van der Waals surface area contributed by atoms with Crippen LogP contribution in [0.2, 0.25) is 5.02 Å². The van der Waals surface area contributed by atoms with Gasteiger partial charge in [0.05, 0.1) is 5.41 Å². The third kappa shape index (κ3) is 2.93. The molecule has 1 unspecified atom stereocenters. The van der Waals surface area contributed by atoms with Gasteiger partial charge in [-0.2, -0.15) is 0 Å². The van der Waals surface area contributed by atoms with Crippen LogP contribution in [0.3, 0.4) is 0 Å². The van der Waals surface area contributed by atoms with Gasteiger partial charge in [0.25, 0.3) is 0 Å². The Kier molecular flexibility index (Phi) is 4.48. The molecule has 1 aromatic rings. The quantitative estimate of drug-likeness (QED) is 0.872. The number of hydrogen-bond donors (Lipinski definition) is 2. The molecular weight excluding hydrogens is 262 g/mol. The van der Waals surface area contributed by atoms with Crippen molar-refractivity contribution in [1.29, 1.82) is 0 Å². The molecule has 3 nitrogen and oxygen atoms in total. The first-order chi connectivity index (χ1) is 9.08. The number of benzene rings is 1. The van der Waals surface area contributed by atoms with Crippen LogP contribution in [-0.4, -0.2) is 23.7 Å². The van der Waals surface area contributed by atoms with E-state index in [1.54, 1.807) is 0 Å². The Morgan fingerprint density at radius 2 is 2.26 bits per heavy atom. The molecule has 0 bridgehead atoms. The van der Waals surface area contributed by atoms with Gasteiger partial charge < -0.3 is 10.4 Å². The minimum absolute atomic E-state index is 0.00541. The molecule has 1 atom stereocenters. The summed E-state index contributed by atoms with van der Waals surface area (Å²) in [6.07, 6.45) is 3.38. The molecule has 0 radical (unpaired) electrons. The smallest absolute Gasteiger partial charge is 0.230 e. The van der Waals surface area contributed by atoms with E-state index in [1.165, 1.54) is 0 Å². The molecule has 1 aromatic carbocycles. The van der Waals surface area contributed by atoms with Crippen molar-refractivity contribution in [2.45, 2.75) is 44.1 Å². The minimum Gasteiger partial charge on any atom is -0.396 e. The highest BCUT2D eigenvalue weighted by molar-refractivity contribution is 6.30. The van der Waals surface area contributed by atoms with Gasteiger partial charge in [0.1, 0.15) is 0 Å². The van der Waals surface area contributed by atoms with Gasteiger partial charge in [-0.15, -0.1) is 0 Å². The van der Waals surface area contributed by atoms with Gasteiger partial charge in [-0.1, -0.05) is 30.2 Å². The first kappa shape index (κ1) is 14.4. The second kappa shape index (κ2) is 5.93. The fraction of sp³-hybridized carbons (Fsp3) is 0.533. The van der Waals surface area contributed by atoms with E-state index in [2.05, 4.69) is 5.32 Å².